The van der Waals surface area contributed by atoms with Crippen molar-refractivity contribution in [1.29, 1.82) is 0 Å². The minimum absolute atomic E-state index is 0.121. The zero-order valence-electron chi connectivity index (χ0n) is 16.9. The number of quaternary nitrogens is 1. The molecule has 8 heteroatoms. The number of thiazole rings is 1. The summed E-state index contributed by atoms with van der Waals surface area (Å²) in [7, 11) is 3.99. The summed E-state index contributed by atoms with van der Waals surface area (Å²) in [6.45, 7) is 4.59. The van der Waals surface area contributed by atoms with Gasteiger partial charge in [-0.3, -0.25) is 9.59 Å². The fourth-order valence-corrected chi connectivity index (χ4v) is 4.47. The predicted octanol–water partition coefficient (Wildman–Crippen LogP) is 0.814. The van der Waals surface area contributed by atoms with Crippen molar-refractivity contribution >= 4 is 23.0 Å². The van der Waals surface area contributed by atoms with Gasteiger partial charge in [0.25, 0.3) is 0 Å². The van der Waals surface area contributed by atoms with E-state index < -0.39 is 29.3 Å². The maximum Gasteiger partial charge on any atom is 0.239 e. The zero-order chi connectivity index (χ0) is 21.3. The lowest BCUT2D eigenvalue weighted by atomic mass is 9.95. The standard InChI is InChI=1S/C21H24FN3O3S/c1-12-20(29-13(2)23-12)18(26)16-17(14-7-5-8-15(22)11-14)25(21(28)19(16)27)10-6-9-24(3)4/h5,7-8,11,17,27H,6,9-10H2,1-4H3. The molecule has 3 rings (SSSR count). The third-order valence-electron chi connectivity index (χ3n) is 4.88. The van der Waals surface area contributed by atoms with E-state index in [0.717, 1.165) is 6.54 Å². The largest absolute Gasteiger partial charge is 0.868 e. The molecule has 0 fully saturated rings. The van der Waals surface area contributed by atoms with Crippen LogP contribution in [0.15, 0.2) is 35.6 Å². The molecule has 0 spiro atoms. The van der Waals surface area contributed by atoms with Crippen LogP contribution in [0.3, 0.4) is 0 Å². The first kappa shape index (κ1) is 21.1. The summed E-state index contributed by atoms with van der Waals surface area (Å²) in [6, 6.07) is 4.84. The third-order valence-corrected chi connectivity index (χ3v) is 5.95. The van der Waals surface area contributed by atoms with Gasteiger partial charge >= 0.3 is 0 Å². The summed E-state index contributed by atoms with van der Waals surface area (Å²) in [6.07, 6.45) is 0.660. The van der Waals surface area contributed by atoms with Gasteiger partial charge in [0.15, 0.2) is 0 Å². The van der Waals surface area contributed by atoms with Gasteiger partial charge < -0.3 is 14.9 Å². The smallest absolute Gasteiger partial charge is 0.239 e. The minimum Gasteiger partial charge on any atom is -0.868 e. The highest BCUT2D eigenvalue weighted by atomic mass is 32.1. The van der Waals surface area contributed by atoms with Gasteiger partial charge in [0.05, 0.1) is 42.3 Å². The number of Topliss-reactive ketones (excluding diaryl/α,β-unsaturated/α-hetero) is 1. The number of hydrogen-bond donors (Lipinski definition) is 1. The van der Waals surface area contributed by atoms with Crippen molar-refractivity contribution in [3.63, 3.8) is 0 Å². The fraction of sp³-hybridized carbons (Fsp3) is 0.381. The van der Waals surface area contributed by atoms with Gasteiger partial charge in [-0.15, -0.1) is 11.3 Å². The summed E-state index contributed by atoms with van der Waals surface area (Å²) in [4.78, 5) is 33.3. The topological polar surface area (TPSA) is 77.8 Å². The molecular formula is C21H24FN3O3S. The summed E-state index contributed by atoms with van der Waals surface area (Å²) < 4.78 is 13.9. The van der Waals surface area contributed by atoms with Crippen LogP contribution in [0.5, 0.6) is 0 Å². The predicted molar refractivity (Wildman–Crippen MR) is 106 cm³/mol. The quantitative estimate of drug-likeness (QED) is 0.677. The SMILES string of the molecule is Cc1nc(C)c(C(=O)C2=C([O-])C(=O)N(CCC[NH+](C)C)C2c2cccc(F)c2)s1. The van der Waals surface area contributed by atoms with Crippen LogP contribution in [-0.2, 0) is 4.79 Å². The number of carbonyl (C=O) groups is 2. The van der Waals surface area contributed by atoms with Crippen LogP contribution in [0, 0.1) is 19.7 Å². The van der Waals surface area contributed by atoms with Crippen molar-refractivity contribution in [1.82, 2.24) is 9.88 Å². The van der Waals surface area contributed by atoms with Gasteiger partial charge in [0, 0.05) is 18.5 Å². The second kappa shape index (κ2) is 8.42. The highest BCUT2D eigenvalue weighted by Crippen LogP contribution is 2.39. The Kier molecular flexibility index (Phi) is 6.14. The van der Waals surface area contributed by atoms with Gasteiger partial charge in [-0.05, 0) is 37.3 Å². The number of benzene rings is 1. The van der Waals surface area contributed by atoms with Crippen LogP contribution in [0.2, 0.25) is 0 Å². The zero-order valence-corrected chi connectivity index (χ0v) is 17.7. The van der Waals surface area contributed by atoms with Crippen molar-refractivity contribution in [2.24, 2.45) is 0 Å². The highest BCUT2D eigenvalue weighted by Gasteiger charge is 2.40. The van der Waals surface area contributed by atoms with Crippen LogP contribution < -0.4 is 10.0 Å². The van der Waals surface area contributed by atoms with Crippen LogP contribution in [0.1, 0.15) is 38.4 Å². The van der Waals surface area contributed by atoms with Crippen LogP contribution in [0.25, 0.3) is 0 Å². The number of ketones is 1. The molecule has 0 saturated carbocycles. The number of carbonyl (C=O) groups excluding carboxylic acids is 2. The average molecular weight is 418 g/mol. The second-order valence-corrected chi connectivity index (χ2v) is 8.69. The molecule has 1 N–H and O–H groups in total. The van der Waals surface area contributed by atoms with Gasteiger partial charge in [-0.2, -0.15) is 0 Å². The summed E-state index contributed by atoms with van der Waals surface area (Å²) in [5, 5.41) is 13.6. The Morgan fingerprint density at radius 1 is 1.34 bits per heavy atom. The van der Waals surface area contributed by atoms with Crippen LogP contribution in [0.4, 0.5) is 4.39 Å². The Bertz CT molecular complexity index is 983. The molecule has 0 saturated heterocycles. The van der Waals surface area contributed by atoms with Gasteiger partial charge in [0.1, 0.15) is 5.82 Å². The molecule has 29 heavy (non-hydrogen) atoms. The molecule has 1 aliphatic heterocycles. The number of rotatable bonds is 7. The molecule has 1 aromatic heterocycles. The van der Waals surface area contributed by atoms with Crippen molar-refractivity contribution < 1.29 is 24.0 Å². The van der Waals surface area contributed by atoms with E-state index in [2.05, 4.69) is 4.98 Å². The Balaban J connectivity index is 2.05. The van der Waals surface area contributed by atoms with E-state index in [1.165, 1.54) is 39.3 Å². The molecule has 2 aromatic rings. The van der Waals surface area contributed by atoms with Gasteiger partial charge in [-0.1, -0.05) is 12.1 Å². The monoisotopic (exact) mass is 417 g/mol. The molecule has 0 radical (unpaired) electrons. The number of hydrogen-bond acceptors (Lipinski definition) is 5. The molecule has 6 nitrogen and oxygen atoms in total. The van der Waals surface area contributed by atoms with Gasteiger partial charge in [-0.25, -0.2) is 9.37 Å². The number of aromatic nitrogens is 1. The maximum atomic E-state index is 13.9. The van der Waals surface area contributed by atoms with Crippen LogP contribution in [-0.4, -0.2) is 48.8 Å². The van der Waals surface area contributed by atoms with E-state index in [0.29, 0.717) is 34.1 Å². The van der Waals surface area contributed by atoms with E-state index in [9.17, 15) is 19.1 Å². The number of halogens is 1. The Hall–Kier alpha value is -2.58. The maximum absolute atomic E-state index is 13.9. The Morgan fingerprint density at radius 3 is 2.66 bits per heavy atom. The lowest BCUT2D eigenvalue weighted by Crippen LogP contribution is -3.05. The first-order valence-electron chi connectivity index (χ1n) is 9.46. The first-order valence-corrected chi connectivity index (χ1v) is 10.3. The normalized spacial score (nSPS) is 17.0. The van der Waals surface area contributed by atoms with Crippen molar-refractivity contribution in [3.8, 4) is 0 Å². The van der Waals surface area contributed by atoms with E-state index in [1.807, 2.05) is 14.1 Å². The molecule has 154 valence electrons. The van der Waals surface area contributed by atoms with Crippen LogP contribution >= 0.6 is 11.3 Å². The number of aryl methyl sites for hydroxylation is 2. The molecule has 1 atom stereocenters. The van der Waals surface area contributed by atoms with E-state index in [-0.39, 0.29) is 5.57 Å². The molecule has 1 unspecified atom stereocenters. The third kappa shape index (κ3) is 4.23. The minimum atomic E-state index is -0.892. The Labute approximate surface area is 173 Å². The highest BCUT2D eigenvalue weighted by molar-refractivity contribution is 7.14. The average Bonchev–Trinajstić information content (AvgIpc) is 3.11. The second-order valence-electron chi connectivity index (χ2n) is 7.49. The molecule has 2 heterocycles. The number of amides is 1. The van der Waals surface area contributed by atoms with Crippen molar-refractivity contribution in [2.75, 3.05) is 27.2 Å². The fourth-order valence-electron chi connectivity index (χ4n) is 3.59. The summed E-state index contributed by atoms with van der Waals surface area (Å²) in [5.74, 6) is -2.51. The molecule has 0 aliphatic carbocycles. The molecule has 1 aromatic carbocycles. The van der Waals surface area contributed by atoms with E-state index >= 15 is 0 Å². The van der Waals surface area contributed by atoms with Crippen molar-refractivity contribution in [3.05, 3.63) is 62.6 Å². The number of nitrogens with one attached hydrogen (secondary N) is 1. The molecule has 1 aliphatic rings. The van der Waals surface area contributed by atoms with Crippen molar-refractivity contribution in [2.45, 2.75) is 26.3 Å². The molecule has 0 bridgehead atoms. The lowest BCUT2D eigenvalue weighted by Gasteiger charge is -2.28. The first-order chi connectivity index (χ1) is 13.7. The Morgan fingerprint density at radius 2 is 2.07 bits per heavy atom. The summed E-state index contributed by atoms with van der Waals surface area (Å²) in [5.41, 5.74) is 0.825. The molecular weight excluding hydrogens is 393 g/mol. The van der Waals surface area contributed by atoms with E-state index in [4.69, 9.17) is 0 Å². The van der Waals surface area contributed by atoms with Gasteiger partial charge in [0.2, 0.25) is 11.7 Å². The van der Waals surface area contributed by atoms with E-state index in [1.54, 1.807) is 19.9 Å². The lowest BCUT2D eigenvalue weighted by molar-refractivity contribution is -0.858. The molecule has 1 amide bonds. The summed E-state index contributed by atoms with van der Waals surface area (Å²) >= 11 is 1.20. The number of nitrogens with zero attached hydrogens (tertiary/aromatic N) is 2.